The number of hydrogen-bond donors (Lipinski definition) is 0. The molecular formula is C6H4ClNO4PS-. The third-order valence-electron chi connectivity index (χ3n) is 1.24. The largest absolute Gasteiger partial charge is 0.780 e. The Labute approximate surface area is 88.2 Å². The van der Waals surface area contributed by atoms with Gasteiger partial charge in [-0.1, -0.05) is 28.7 Å². The van der Waals surface area contributed by atoms with E-state index in [1.807, 2.05) is 0 Å². The van der Waals surface area contributed by atoms with Crippen molar-refractivity contribution in [1.29, 1.82) is 0 Å². The van der Waals surface area contributed by atoms with Crippen LogP contribution in [-0.2, 0) is 4.57 Å². The topological polar surface area (TPSA) is 83.3 Å². The maximum absolute atomic E-state index is 10.7. The minimum absolute atomic E-state index is 0.167. The van der Waals surface area contributed by atoms with E-state index in [1.165, 1.54) is 18.2 Å². The molecule has 8 heteroatoms. The Kier molecular flexibility index (Phi) is 3.55. The van der Waals surface area contributed by atoms with E-state index in [4.69, 9.17) is 11.2 Å². The Morgan fingerprint density at radius 1 is 1.50 bits per heavy atom. The third-order valence-corrected chi connectivity index (χ3v) is 3.83. The van der Waals surface area contributed by atoms with Gasteiger partial charge in [0.2, 0.25) is 0 Å². The second-order valence-electron chi connectivity index (χ2n) is 2.28. The highest BCUT2D eigenvalue weighted by Crippen LogP contribution is 2.59. The molecule has 14 heavy (non-hydrogen) atoms. The summed E-state index contributed by atoms with van der Waals surface area (Å²) in [5.74, 6) is -4.02. The van der Waals surface area contributed by atoms with Crippen molar-refractivity contribution < 1.29 is 14.4 Å². The summed E-state index contributed by atoms with van der Waals surface area (Å²) in [6.45, 7) is 0. The summed E-state index contributed by atoms with van der Waals surface area (Å²) in [6.07, 6.45) is 0. The highest BCUT2D eigenvalue weighted by atomic mass is 35.7. The van der Waals surface area contributed by atoms with E-state index in [1.54, 1.807) is 0 Å². The molecule has 76 valence electrons. The first-order valence-corrected chi connectivity index (χ1v) is 7.28. The zero-order chi connectivity index (χ0) is 10.8. The molecule has 1 aromatic carbocycles. The fraction of sp³-hybridized carbons (Fsp3) is 0. The van der Waals surface area contributed by atoms with Gasteiger partial charge in [-0.3, -0.25) is 10.1 Å². The normalized spacial score (nSPS) is 14.7. The van der Waals surface area contributed by atoms with E-state index in [-0.39, 0.29) is 10.6 Å². The monoisotopic (exact) mass is 252 g/mol. The standard InChI is InChI=1S/C6H5ClNO4PS/c7-13(11,12)14-6-3-1-2-5(4-6)8(9)10/h1-4H,(H,11,12)/p-1. The molecule has 0 aliphatic rings. The van der Waals surface area contributed by atoms with Gasteiger partial charge in [0.25, 0.3) is 5.69 Å². The van der Waals surface area contributed by atoms with Crippen LogP contribution in [0.4, 0.5) is 5.69 Å². The highest BCUT2D eigenvalue weighted by molar-refractivity contribution is 8.63. The van der Waals surface area contributed by atoms with E-state index in [2.05, 4.69) is 0 Å². The molecule has 0 amide bonds. The maximum Gasteiger partial charge on any atom is 0.270 e. The smallest absolute Gasteiger partial charge is 0.270 e. The molecule has 0 saturated heterocycles. The van der Waals surface area contributed by atoms with Crippen molar-refractivity contribution in [3.63, 3.8) is 0 Å². The van der Waals surface area contributed by atoms with Crippen molar-refractivity contribution in [2.45, 2.75) is 4.90 Å². The van der Waals surface area contributed by atoms with E-state index in [0.29, 0.717) is 11.4 Å². The minimum atomic E-state index is -4.02. The Balaban J connectivity index is 2.95. The third kappa shape index (κ3) is 3.67. The molecular weight excluding hydrogens is 249 g/mol. The number of nitro groups is 1. The number of nitrogens with zero attached hydrogens (tertiary/aromatic N) is 1. The first-order valence-electron chi connectivity index (χ1n) is 3.33. The summed E-state index contributed by atoms with van der Waals surface area (Å²) in [5, 5.41) is 10.3. The van der Waals surface area contributed by atoms with Crippen molar-refractivity contribution in [2.75, 3.05) is 0 Å². The van der Waals surface area contributed by atoms with Gasteiger partial charge in [0.1, 0.15) is 0 Å². The average molecular weight is 253 g/mol. The van der Waals surface area contributed by atoms with Crippen molar-refractivity contribution in [3.05, 3.63) is 34.4 Å². The van der Waals surface area contributed by atoms with Gasteiger partial charge < -0.3 is 9.46 Å². The summed E-state index contributed by atoms with van der Waals surface area (Å²) in [7, 11) is 0. The molecule has 0 N–H and O–H groups in total. The molecule has 0 bridgehead atoms. The van der Waals surface area contributed by atoms with Crippen LogP contribution in [-0.4, -0.2) is 4.92 Å². The molecule has 1 atom stereocenters. The van der Waals surface area contributed by atoms with Crippen molar-refractivity contribution in [2.24, 2.45) is 0 Å². The summed E-state index contributed by atoms with van der Waals surface area (Å²) in [5.41, 5.74) is -0.167. The molecule has 0 heterocycles. The fourth-order valence-corrected chi connectivity index (χ4v) is 3.16. The van der Waals surface area contributed by atoms with Crippen LogP contribution in [0.2, 0.25) is 0 Å². The lowest BCUT2D eigenvalue weighted by molar-refractivity contribution is -0.385. The van der Waals surface area contributed by atoms with Gasteiger partial charge in [-0.2, -0.15) is 0 Å². The maximum atomic E-state index is 10.7. The molecule has 1 aromatic rings. The Bertz CT molecular complexity index is 407. The fourth-order valence-electron chi connectivity index (χ4n) is 0.780. The van der Waals surface area contributed by atoms with Crippen LogP contribution in [0.15, 0.2) is 29.2 Å². The van der Waals surface area contributed by atoms with Gasteiger partial charge in [-0.15, -0.1) is 0 Å². The van der Waals surface area contributed by atoms with Crippen molar-refractivity contribution in [3.8, 4) is 0 Å². The zero-order valence-electron chi connectivity index (χ0n) is 6.62. The van der Waals surface area contributed by atoms with Crippen molar-refractivity contribution >= 4 is 34.2 Å². The number of halogens is 1. The molecule has 0 aliphatic carbocycles. The lowest BCUT2D eigenvalue weighted by Gasteiger charge is -2.12. The molecule has 5 nitrogen and oxygen atoms in total. The number of non-ortho nitro benzene ring substituents is 1. The van der Waals surface area contributed by atoms with Gasteiger partial charge >= 0.3 is 0 Å². The zero-order valence-corrected chi connectivity index (χ0v) is 9.09. The van der Waals surface area contributed by atoms with Crippen LogP contribution in [0, 0.1) is 10.1 Å². The lowest BCUT2D eigenvalue weighted by atomic mass is 10.3. The number of nitro benzene ring substituents is 1. The van der Waals surface area contributed by atoms with E-state index >= 15 is 0 Å². The summed E-state index contributed by atoms with van der Waals surface area (Å²) in [4.78, 5) is 20.6. The molecule has 1 rings (SSSR count). The van der Waals surface area contributed by atoms with E-state index in [9.17, 15) is 19.6 Å². The van der Waals surface area contributed by atoms with Gasteiger partial charge in [0, 0.05) is 17.0 Å². The van der Waals surface area contributed by atoms with Crippen LogP contribution in [0.5, 0.6) is 0 Å². The molecule has 0 aliphatic heterocycles. The van der Waals surface area contributed by atoms with E-state index in [0.717, 1.165) is 6.07 Å². The van der Waals surface area contributed by atoms with Crippen LogP contribution in [0.3, 0.4) is 0 Å². The second-order valence-corrected chi connectivity index (χ2v) is 7.72. The Hall–Kier alpha value is -0.550. The molecule has 0 aromatic heterocycles. The lowest BCUT2D eigenvalue weighted by Crippen LogP contribution is -1.90. The quantitative estimate of drug-likeness (QED) is 0.468. The first kappa shape index (κ1) is 11.5. The van der Waals surface area contributed by atoms with Crippen molar-refractivity contribution in [1.82, 2.24) is 0 Å². The number of hydrogen-bond acceptors (Lipinski definition) is 5. The molecule has 1 unspecified atom stereocenters. The Morgan fingerprint density at radius 2 is 2.14 bits per heavy atom. The van der Waals surface area contributed by atoms with Gasteiger partial charge in [-0.25, -0.2) is 0 Å². The van der Waals surface area contributed by atoms with Gasteiger partial charge in [0.15, 0.2) is 5.92 Å². The molecule has 0 fully saturated rings. The predicted octanol–water partition coefficient (Wildman–Crippen LogP) is 2.39. The Morgan fingerprint density at radius 3 is 2.64 bits per heavy atom. The summed E-state index contributed by atoms with van der Waals surface area (Å²) < 4.78 is 10.7. The SMILES string of the molecule is O=[N+]([O-])c1cccc(SP(=O)([O-])Cl)c1. The summed E-state index contributed by atoms with van der Waals surface area (Å²) in [6, 6.07) is 5.25. The van der Waals surface area contributed by atoms with Crippen LogP contribution < -0.4 is 4.89 Å². The highest BCUT2D eigenvalue weighted by Gasteiger charge is 2.10. The summed E-state index contributed by atoms with van der Waals surface area (Å²) >= 11 is 5.39. The number of benzene rings is 1. The first-order chi connectivity index (χ1) is 6.38. The molecule has 0 spiro atoms. The predicted molar refractivity (Wildman–Crippen MR) is 52.4 cm³/mol. The van der Waals surface area contributed by atoms with Gasteiger partial charge in [-0.05, 0) is 6.07 Å². The number of rotatable bonds is 3. The van der Waals surface area contributed by atoms with Crippen LogP contribution in [0.1, 0.15) is 0 Å². The van der Waals surface area contributed by atoms with Gasteiger partial charge in [0.05, 0.1) is 4.92 Å². The minimum Gasteiger partial charge on any atom is -0.780 e. The van der Waals surface area contributed by atoms with Crippen LogP contribution in [0.25, 0.3) is 0 Å². The second kappa shape index (κ2) is 4.31. The van der Waals surface area contributed by atoms with Crippen LogP contribution >= 0.6 is 28.5 Å². The average Bonchev–Trinajstić information content (AvgIpc) is 2.01. The van der Waals surface area contributed by atoms with E-state index < -0.39 is 10.8 Å². The molecule has 0 radical (unpaired) electrons. The molecule has 0 saturated carbocycles.